The number of carbonyl (C=O) groups is 2. The summed E-state index contributed by atoms with van der Waals surface area (Å²) in [4.78, 5) is 30.8. The number of nitrogens with zero attached hydrogens (tertiary/aromatic N) is 3. The van der Waals surface area contributed by atoms with Gasteiger partial charge < -0.3 is 15.0 Å². The molecular weight excluding hydrogens is 478 g/mol. The number of carbonyl (C=O) groups excluding carboxylic acids is 2. The van der Waals surface area contributed by atoms with Crippen LogP contribution in [0.1, 0.15) is 74.1 Å². The van der Waals surface area contributed by atoms with Crippen molar-refractivity contribution in [3.63, 3.8) is 0 Å². The van der Waals surface area contributed by atoms with Gasteiger partial charge in [0.25, 0.3) is 0 Å². The molecule has 2 aromatic rings. The topological polar surface area (TPSA) is 90.6 Å². The number of nitrogens with one attached hydrogen (secondary N) is 2. The van der Waals surface area contributed by atoms with Crippen LogP contribution in [0.2, 0.25) is 0 Å². The quantitative estimate of drug-likeness (QED) is 0.641. The number of aromatic nitrogens is 2. The zero-order valence-corrected chi connectivity index (χ0v) is 22.8. The van der Waals surface area contributed by atoms with Gasteiger partial charge in [-0.3, -0.25) is 19.6 Å². The van der Waals surface area contributed by atoms with Crippen LogP contribution in [0.4, 0.5) is 0 Å². The molecule has 0 radical (unpaired) electrons. The fourth-order valence-electron chi connectivity index (χ4n) is 6.48. The maximum Gasteiger partial charge on any atom is 0.236 e. The number of fused-ring (bicyclic) bond motifs is 1. The van der Waals surface area contributed by atoms with Crippen LogP contribution in [-0.4, -0.2) is 77.7 Å². The lowest BCUT2D eigenvalue weighted by atomic mass is 9.73. The third-order valence-corrected chi connectivity index (χ3v) is 8.97. The Bertz CT molecular complexity index is 1080. The first kappa shape index (κ1) is 26.7. The van der Waals surface area contributed by atoms with Crippen molar-refractivity contribution in [2.75, 3.05) is 45.9 Å². The Morgan fingerprint density at radius 3 is 2.63 bits per heavy atom. The van der Waals surface area contributed by atoms with Crippen molar-refractivity contribution in [3.8, 4) is 5.75 Å². The van der Waals surface area contributed by atoms with Crippen LogP contribution in [-0.2, 0) is 16.0 Å². The van der Waals surface area contributed by atoms with Crippen molar-refractivity contribution >= 4 is 11.8 Å². The number of rotatable bonds is 3. The second kappa shape index (κ2) is 12.3. The SMILES string of the molecule is Cc1cn[nH]c1C1CCN(C(=O)CN2CCC3(CCCCc4ccccc4OCCCNC3=O)CC2)CC1. The minimum Gasteiger partial charge on any atom is -0.493 e. The molecule has 206 valence electrons. The van der Waals surface area contributed by atoms with Gasteiger partial charge >= 0.3 is 0 Å². The first-order valence-electron chi connectivity index (χ1n) is 14.5. The van der Waals surface area contributed by atoms with Gasteiger partial charge in [-0.2, -0.15) is 5.10 Å². The predicted octanol–water partition coefficient (Wildman–Crippen LogP) is 3.82. The summed E-state index contributed by atoms with van der Waals surface area (Å²) in [5, 5.41) is 10.5. The van der Waals surface area contributed by atoms with Gasteiger partial charge in [-0.15, -0.1) is 0 Å². The fourth-order valence-corrected chi connectivity index (χ4v) is 6.48. The van der Waals surface area contributed by atoms with Crippen molar-refractivity contribution in [2.45, 2.75) is 70.6 Å². The number of piperidine rings is 2. The molecule has 5 rings (SSSR count). The molecule has 2 N–H and O–H groups in total. The molecule has 0 saturated carbocycles. The maximum absolute atomic E-state index is 13.4. The summed E-state index contributed by atoms with van der Waals surface area (Å²) < 4.78 is 6.01. The molecule has 1 aromatic heterocycles. The Hall–Kier alpha value is -2.87. The minimum atomic E-state index is -0.325. The van der Waals surface area contributed by atoms with Gasteiger partial charge in [0.2, 0.25) is 11.8 Å². The van der Waals surface area contributed by atoms with Crippen molar-refractivity contribution in [2.24, 2.45) is 5.41 Å². The monoisotopic (exact) mass is 521 g/mol. The minimum absolute atomic E-state index is 0.191. The highest BCUT2D eigenvalue weighted by Gasteiger charge is 2.41. The molecule has 1 spiro atoms. The summed E-state index contributed by atoms with van der Waals surface area (Å²) in [6, 6.07) is 8.31. The lowest BCUT2D eigenvalue weighted by Crippen LogP contribution is -2.51. The summed E-state index contributed by atoms with van der Waals surface area (Å²) in [5.41, 5.74) is 3.37. The molecular formula is C30H43N5O3. The van der Waals surface area contributed by atoms with E-state index in [0.29, 0.717) is 25.6 Å². The highest BCUT2D eigenvalue weighted by atomic mass is 16.5. The molecule has 2 amide bonds. The number of hydrogen-bond donors (Lipinski definition) is 2. The number of aromatic amines is 1. The van der Waals surface area contributed by atoms with Crippen LogP contribution < -0.4 is 10.1 Å². The van der Waals surface area contributed by atoms with Crippen molar-refractivity contribution in [3.05, 3.63) is 47.3 Å². The molecule has 3 aliphatic rings. The van der Waals surface area contributed by atoms with E-state index >= 15 is 0 Å². The number of aryl methyl sites for hydroxylation is 2. The van der Waals surface area contributed by atoms with E-state index in [2.05, 4.69) is 45.5 Å². The Kier molecular flexibility index (Phi) is 8.67. The van der Waals surface area contributed by atoms with Crippen molar-refractivity contribution < 1.29 is 14.3 Å². The van der Waals surface area contributed by atoms with Crippen LogP contribution in [0, 0.1) is 12.3 Å². The molecule has 1 aromatic carbocycles. The van der Waals surface area contributed by atoms with Gasteiger partial charge in [0.1, 0.15) is 5.75 Å². The molecule has 3 aliphatic heterocycles. The van der Waals surface area contributed by atoms with Gasteiger partial charge in [0.05, 0.1) is 24.8 Å². The van der Waals surface area contributed by atoms with Crippen molar-refractivity contribution in [1.29, 1.82) is 0 Å². The van der Waals surface area contributed by atoms with Gasteiger partial charge in [-0.1, -0.05) is 24.6 Å². The molecule has 0 bridgehead atoms. The van der Waals surface area contributed by atoms with E-state index in [1.165, 1.54) is 16.8 Å². The summed E-state index contributed by atoms with van der Waals surface area (Å²) in [6.45, 7) is 7.00. The van der Waals surface area contributed by atoms with Crippen LogP contribution in [0.15, 0.2) is 30.5 Å². The first-order valence-corrected chi connectivity index (χ1v) is 14.5. The second-order valence-electron chi connectivity index (χ2n) is 11.5. The number of ether oxygens (including phenoxy) is 1. The van der Waals surface area contributed by atoms with Crippen LogP contribution in [0.3, 0.4) is 0 Å². The molecule has 0 unspecified atom stereocenters. The first-order chi connectivity index (χ1) is 18.5. The number of hydrogen-bond acceptors (Lipinski definition) is 5. The number of H-pyrrole nitrogens is 1. The number of likely N-dealkylation sites (tertiary alicyclic amines) is 2. The highest BCUT2D eigenvalue weighted by Crippen LogP contribution is 2.38. The van der Waals surface area contributed by atoms with Crippen molar-refractivity contribution in [1.82, 2.24) is 25.3 Å². The van der Waals surface area contributed by atoms with Crippen LogP contribution in [0.25, 0.3) is 0 Å². The lowest BCUT2D eigenvalue weighted by molar-refractivity contribution is -0.137. The number of amides is 2. The molecule has 8 nitrogen and oxygen atoms in total. The third-order valence-electron chi connectivity index (χ3n) is 8.97. The van der Waals surface area contributed by atoms with Gasteiger partial charge in [-0.25, -0.2) is 0 Å². The van der Waals surface area contributed by atoms with Crippen LogP contribution in [0.5, 0.6) is 5.75 Å². The van der Waals surface area contributed by atoms with Gasteiger partial charge in [0.15, 0.2) is 0 Å². The summed E-state index contributed by atoms with van der Waals surface area (Å²) in [5.74, 6) is 1.85. The zero-order valence-electron chi connectivity index (χ0n) is 22.8. The molecule has 8 heteroatoms. The number of para-hydroxylation sites is 1. The molecule has 0 atom stereocenters. The standard InChI is InChI=1S/C30H43N5O3/c1-23-21-32-33-28(23)25-10-16-35(17-11-25)27(36)22-34-18-13-30(14-19-34)12-5-4-8-24-7-2-3-9-26(24)38-20-6-15-31-29(30)37/h2-3,7,9,21,25H,4-6,8,10-20,22H2,1H3,(H,31,37)(H,32,33). The normalized spacial score (nSPS) is 21.9. The average Bonchev–Trinajstić information content (AvgIpc) is 3.38. The lowest BCUT2D eigenvalue weighted by Gasteiger charge is -2.41. The van der Waals surface area contributed by atoms with E-state index in [9.17, 15) is 9.59 Å². The van der Waals surface area contributed by atoms with E-state index in [1.54, 1.807) is 0 Å². The average molecular weight is 522 g/mol. The van der Waals surface area contributed by atoms with Gasteiger partial charge in [0, 0.05) is 31.2 Å². The largest absolute Gasteiger partial charge is 0.493 e. The molecule has 38 heavy (non-hydrogen) atoms. The molecule has 4 heterocycles. The summed E-state index contributed by atoms with van der Waals surface area (Å²) >= 11 is 0. The van der Waals surface area contributed by atoms with Gasteiger partial charge in [-0.05, 0) is 88.6 Å². The maximum atomic E-state index is 13.4. The molecule has 2 fully saturated rings. The predicted molar refractivity (Wildman–Crippen MR) is 147 cm³/mol. The highest BCUT2D eigenvalue weighted by molar-refractivity contribution is 5.83. The molecule has 0 aliphatic carbocycles. The number of benzene rings is 1. The summed E-state index contributed by atoms with van der Waals surface area (Å²) in [6.07, 6.45) is 10.2. The van der Waals surface area contributed by atoms with E-state index in [0.717, 1.165) is 89.7 Å². The second-order valence-corrected chi connectivity index (χ2v) is 11.5. The van der Waals surface area contributed by atoms with Crippen LogP contribution >= 0.6 is 0 Å². The van der Waals surface area contributed by atoms with E-state index in [4.69, 9.17) is 4.74 Å². The summed E-state index contributed by atoms with van der Waals surface area (Å²) in [7, 11) is 0. The molecule has 2 saturated heterocycles. The van der Waals surface area contributed by atoms with E-state index in [1.807, 2.05) is 17.2 Å². The Morgan fingerprint density at radius 2 is 1.87 bits per heavy atom. The zero-order chi connectivity index (χ0) is 26.4. The van der Waals surface area contributed by atoms with E-state index in [-0.39, 0.29) is 17.2 Å². The smallest absolute Gasteiger partial charge is 0.236 e. The third kappa shape index (κ3) is 6.22. The van der Waals surface area contributed by atoms with E-state index < -0.39 is 0 Å². The fraction of sp³-hybridized carbons (Fsp3) is 0.633. The Balaban J connectivity index is 1.12. The Morgan fingerprint density at radius 1 is 1.08 bits per heavy atom. The Labute approximate surface area is 226 Å².